The second kappa shape index (κ2) is 3.57. The maximum absolute atomic E-state index is 11.7. The third-order valence-corrected chi connectivity index (χ3v) is 2.81. The monoisotopic (exact) mass is 237 g/mol. The van der Waals surface area contributed by atoms with E-state index in [1.165, 1.54) is 5.01 Å². The van der Waals surface area contributed by atoms with Crippen LogP contribution in [0.2, 0.25) is 5.02 Å². The van der Waals surface area contributed by atoms with E-state index in [2.05, 4.69) is 5.10 Å². The van der Waals surface area contributed by atoms with Crippen LogP contribution in [0.1, 0.15) is 12.5 Å². The number of hydrogen-bond donors (Lipinski definition) is 1. The maximum atomic E-state index is 11.7. The fourth-order valence-electron chi connectivity index (χ4n) is 1.73. The summed E-state index contributed by atoms with van der Waals surface area (Å²) in [4.78, 5) is 11.7. The summed E-state index contributed by atoms with van der Waals surface area (Å²) in [6.45, 7) is 1.65. The van der Waals surface area contributed by atoms with Gasteiger partial charge in [0.15, 0.2) is 0 Å². The fraction of sp³-hybridized carbons (Fsp3) is 0.273. The van der Waals surface area contributed by atoms with Gasteiger partial charge in [-0.1, -0.05) is 23.7 Å². The molecule has 0 aromatic heterocycles. The van der Waals surface area contributed by atoms with Gasteiger partial charge in [-0.15, -0.1) is 0 Å². The van der Waals surface area contributed by atoms with Crippen LogP contribution in [0, 0.1) is 0 Å². The van der Waals surface area contributed by atoms with Crippen molar-refractivity contribution in [1.29, 1.82) is 0 Å². The lowest BCUT2D eigenvalue weighted by Crippen LogP contribution is -2.51. The molecule has 0 fully saturated rings. The Morgan fingerprint density at radius 2 is 2.19 bits per heavy atom. The van der Waals surface area contributed by atoms with Crippen LogP contribution in [0.3, 0.4) is 0 Å². The van der Waals surface area contributed by atoms with Gasteiger partial charge in [-0.3, -0.25) is 4.79 Å². The predicted octanol–water partition coefficient (Wildman–Crippen LogP) is 1.23. The third-order valence-electron chi connectivity index (χ3n) is 2.58. The molecule has 1 aromatic rings. The number of nitrogens with zero attached hydrogens (tertiary/aromatic N) is 2. The van der Waals surface area contributed by atoms with Crippen molar-refractivity contribution in [2.24, 2.45) is 10.8 Å². The number of carbonyl (C=O) groups is 1. The first-order valence-corrected chi connectivity index (χ1v) is 5.23. The van der Waals surface area contributed by atoms with Crippen LogP contribution in [0.5, 0.6) is 0 Å². The summed E-state index contributed by atoms with van der Waals surface area (Å²) in [5.74, 6) is -0.220. The molecular formula is C11H12ClN3O. The first-order valence-electron chi connectivity index (χ1n) is 4.85. The molecule has 0 bridgehead atoms. The van der Waals surface area contributed by atoms with Crippen molar-refractivity contribution in [2.75, 3.05) is 7.05 Å². The zero-order valence-electron chi connectivity index (χ0n) is 9.07. The van der Waals surface area contributed by atoms with Crippen LogP contribution < -0.4 is 5.73 Å². The zero-order valence-corrected chi connectivity index (χ0v) is 9.82. The molecule has 0 radical (unpaired) electrons. The summed E-state index contributed by atoms with van der Waals surface area (Å²) >= 11 is 5.89. The third kappa shape index (κ3) is 1.60. The van der Waals surface area contributed by atoms with Gasteiger partial charge in [0.05, 0.1) is 5.71 Å². The second-order valence-electron chi connectivity index (χ2n) is 3.99. The predicted molar refractivity (Wildman–Crippen MR) is 63.4 cm³/mol. The molecule has 2 rings (SSSR count). The average Bonchev–Trinajstić information content (AvgIpc) is 2.42. The second-order valence-corrected chi connectivity index (χ2v) is 4.43. The number of likely N-dealkylation sites (N-methyl/N-ethyl adjacent to an activating group) is 1. The van der Waals surface area contributed by atoms with Gasteiger partial charge in [0.1, 0.15) is 5.54 Å². The van der Waals surface area contributed by atoms with Gasteiger partial charge in [-0.05, 0) is 19.1 Å². The van der Waals surface area contributed by atoms with E-state index in [1.807, 2.05) is 6.07 Å². The summed E-state index contributed by atoms with van der Waals surface area (Å²) in [6, 6.07) is 7.15. The number of hydrazone groups is 1. The highest BCUT2D eigenvalue weighted by atomic mass is 35.5. The molecule has 2 N–H and O–H groups in total. The van der Waals surface area contributed by atoms with Crippen molar-refractivity contribution < 1.29 is 4.79 Å². The van der Waals surface area contributed by atoms with Gasteiger partial charge >= 0.3 is 0 Å². The summed E-state index contributed by atoms with van der Waals surface area (Å²) in [6.07, 6.45) is 0. The molecule has 1 aliphatic heterocycles. The lowest BCUT2D eigenvalue weighted by molar-refractivity contribution is -0.131. The van der Waals surface area contributed by atoms with Crippen molar-refractivity contribution in [1.82, 2.24) is 5.01 Å². The average molecular weight is 238 g/mol. The van der Waals surface area contributed by atoms with Gasteiger partial charge < -0.3 is 5.73 Å². The Labute approximate surface area is 98.7 Å². The lowest BCUT2D eigenvalue weighted by Gasteiger charge is -2.18. The Bertz CT molecular complexity index is 482. The molecule has 4 nitrogen and oxygen atoms in total. The maximum Gasteiger partial charge on any atom is 0.268 e. The van der Waals surface area contributed by atoms with Gasteiger partial charge in [0, 0.05) is 17.6 Å². The van der Waals surface area contributed by atoms with Gasteiger partial charge in [0.2, 0.25) is 0 Å². The van der Waals surface area contributed by atoms with Crippen LogP contribution >= 0.6 is 11.6 Å². The van der Waals surface area contributed by atoms with Crippen LogP contribution in [-0.4, -0.2) is 29.2 Å². The van der Waals surface area contributed by atoms with Crippen molar-refractivity contribution in [3.63, 3.8) is 0 Å². The highest BCUT2D eigenvalue weighted by molar-refractivity contribution is 6.31. The van der Waals surface area contributed by atoms with E-state index >= 15 is 0 Å². The van der Waals surface area contributed by atoms with Crippen LogP contribution in [0.15, 0.2) is 29.4 Å². The van der Waals surface area contributed by atoms with Gasteiger partial charge in [0.25, 0.3) is 5.91 Å². The molecule has 0 spiro atoms. The Balaban J connectivity index is 2.50. The van der Waals surface area contributed by atoms with E-state index in [-0.39, 0.29) is 5.91 Å². The van der Waals surface area contributed by atoms with Crippen LogP contribution in [0.4, 0.5) is 0 Å². The van der Waals surface area contributed by atoms with Crippen LogP contribution in [0.25, 0.3) is 0 Å². The standard InChI is InChI=1S/C11H12ClN3O/c1-11(13)9(14-15(2)10(11)16)7-4-3-5-8(12)6-7/h3-6H,13H2,1-2H3. The quantitative estimate of drug-likeness (QED) is 0.799. The van der Waals surface area contributed by atoms with E-state index < -0.39 is 5.54 Å². The van der Waals surface area contributed by atoms with E-state index in [0.29, 0.717) is 10.7 Å². The number of amides is 1. The van der Waals surface area contributed by atoms with E-state index in [4.69, 9.17) is 17.3 Å². The molecule has 5 heteroatoms. The number of nitrogens with two attached hydrogens (primary N) is 1. The Morgan fingerprint density at radius 1 is 1.50 bits per heavy atom. The normalized spacial score (nSPS) is 24.9. The molecule has 1 unspecified atom stereocenters. The molecule has 1 amide bonds. The minimum Gasteiger partial charge on any atom is -0.312 e. The molecule has 0 saturated heterocycles. The first-order chi connectivity index (χ1) is 7.43. The van der Waals surface area contributed by atoms with E-state index in [0.717, 1.165) is 5.56 Å². The molecular weight excluding hydrogens is 226 g/mol. The van der Waals surface area contributed by atoms with Gasteiger partial charge in [-0.2, -0.15) is 5.10 Å². The number of rotatable bonds is 1. The Hall–Kier alpha value is -1.39. The minimum absolute atomic E-state index is 0.220. The summed E-state index contributed by atoms with van der Waals surface area (Å²) in [7, 11) is 1.59. The van der Waals surface area contributed by atoms with E-state index in [9.17, 15) is 4.79 Å². The Morgan fingerprint density at radius 3 is 2.69 bits per heavy atom. The number of halogens is 1. The molecule has 1 aliphatic rings. The largest absolute Gasteiger partial charge is 0.312 e. The SMILES string of the molecule is CN1N=C(c2cccc(Cl)c2)C(C)(N)C1=O. The highest BCUT2D eigenvalue weighted by Gasteiger charge is 2.43. The molecule has 16 heavy (non-hydrogen) atoms. The first kappa shape index (κ1) is 11.1. The molecule has 84 valence electrons. The van der Waals surface area contributed by atoms with Crippen molar-refractivity contribution in [2.45, 2.75) is 12.5 Å². The van der Waals surface area contributed by atoms with Gasteiger partial charge in [-0.25, -0.2) is 5.01 Å². The lowest BCUT2D eigenvalue weighted by atomic mass is 9.92. The highest BCUT2D eigenvalue weighted by Crippen LogP contribution is 2.23. The summed E-state index contributed by atoms with van der Waals surface area (Å²) < 4.78 is 0. The molecule has 0 aliphatic carbocycles. The zero-order chi connectivity index (χ0) is 11.9. The number of hydrogen-bond acceptors (Lipinski definition) is 3. The smallest absolute Gasteiger partial charge is 0.268 e. The van der Waals surface area contributed by atoms with E-state index in [1.54, 1.807) is 32.2 Å². The molecule has 1 atom stereocenters. The molecule has 1 heterocycles. The van der Waals surface area contributed by atoms with Crippen molar-refractivity contribution in [3.8, 4) is 0 Å². The summed E-state index contributed by atoms with van der Waals surface area (Å²) in [5.41, 5.74) is 6.21. The summed E-state index contributed by atoms with van der Waals surface area (Å²) in [5, 5.41) is 6.01. The number of carbonyl (C=O) groups excluding carboxylic acids is 1. The van der Waals surface area contributed by atoms with Crippen molar-refractivity contribution >= 4 is 23.2 Å². The molecule has 0 saturated carbocycles. The minimum atomic E-state index is -1.08. The fourth-order valence-corrected chi connectivity index (χ4v) is 1.92. The Kier molecular flexibility index (Phi) is 2.48. The van der Waals surface area contributed by atoms with Crippen molar-refractivity contribution in [3.05, 3.63) is 34.9 Å². The van der Waals surface area contributed by atoms with Crippen LogP contribution in [-0.2, 0) is 4.79 Å². The number of benzene rings is 1. The topological polar surface area (TPSA) is 58.7 Å². The molecule has 1 aromatic carbocycles.